The molecule has 4 fully saturated rings. The van der Waals surface area contributed by atoms with Crippen LogP contribution in [0.4, 0.5) is 0 Å². The number of nitrogens with one attached hydrogen (secondary N) is 1. The van der Waals surface area contributed by atoms with Crippen molar-refractivity contribution in [3.63, 3.8) is 0 Å². The van der Waals surface area contributed by atoms with Gasteiger partial charge in [0.2, 0.25) is 5.91 Å². The molecule has 5 aliphatic rings. The number of hydrogen-bond acceptors (Lipinski definition) is 3. The zero-order valence-electron chi connectivity index (χ0n) is 14.3. The maximum atomic E-state index is 13.1. The summed E-state index contributed by atoms with van der Waals surface area (Å²) in [4.78, 5) is 12.9. The minimum Gasteiger partial charge on any atom is -0.486 e. The van der Waals surface area contributed by atoms with Crippen LogP contribution in [-0.4, -0.2) is 30.0 Å². The quantitative estimate of drug-likeness (QED) is 0.838. The zero-order valence-corrected chi connectivity index (χ0v) is 15.1. The van der Waals surface area contributed by atoms with Crippen molar-refractivity contribution in [1.29, 1.82) is 0 Å². The molecule has 0 spiro atoms. The van der Waals surface area contributed by atoms with Gasteiger partial charge in [-0.1, -0.05) is 12.1 Å². The fourth-order valence-electron chi connectivity index (χ4n) is 5.97. The Morgan fingerprint density at radius 2 is 1.88 bits per heavy atom. The van der Waals surface area contributed by atoms with E-state index in [4.69, 9.17) is 21.1 Å². The van der Waals surface area contributed by atoms with Crippen LogP contribution >= 0.6 is 11.6 Å². The number of fused-ring (bicyclic) bond motifs is 1. The second kappa shape index (κ2) is 5.54. The Kier molecular flexibility index (Phi) is 3.50. The van der Waals surface area contributed by atoms with Crippen LogP contribution in [-0.2, 0) is 4.79 Å². The lowest BCUT2D eigenvalue weighted by Gasteiger charge is -2.59. The summed E-state index contributed by atoms with van der Waals surface area (Å²) in [6.45, 7) is 0.953. The molecule has 1 aromatic carbocycles. The van der Waals surface area contributed by atoms with Gasteiger partial charge < -0.3 is 14.8 Å². The summed E-state index contributed by atoms with van der Waals surface area (Å²) in [6, 6.07) is 7.66. The Balaban J connectivity index is 1.24. The van der Waals surface area contributed by atoms with Crippen LogP contribution in [0.25, 0.3) is 0 Å². The summed E-state index contributed by atoms with van der Waals surface area (Å²) >= 11 is 6.84. The SMILES string of the molecule is O=C(NC[C@H]1COc2ccccc2O1)C12C[C@@H]3C[C@@H](CC(Cl)(C3)C1)C2. The number of halogens is 1. The molecular weight excluding hydrogens is 338 g/mol. The van der Waals surface area contributed by atoms with E-state index in [0.717, 1.165) is 43.6 Å². The lowest BCUT2D eigenvalue weighted by Crippen LogP contribution is -2.59. The molecule has 6 rings (SSSR count). The third-order valence-corrected chi connectivity index (χ3v) is 6.97. The molecule has 4 aliphatic carbocycles. The third kappa shape index (κ3) is 2.69. The minimum atomic E-state index is -0.251. The van der Waals surface area contributed by atoms with Crippen molar-refractivity contribution in [1.82, 2.24) is 5.32 Å². The van der Waals surface area contributed by atoms with Gasteiger partial charge in [0.15, 0.2) is 11.5 Å². The lowest BCUT2D eigenvalue weighted by atomic mass is 9.49. The second-order valence-corrected chi connectivity index (χ2v) is 9.40. The number of ether oxygens (including phenoxy) is 2. The van der Waals surface area contributed by atoms with E-state index in [1.54, 1.807) is 0 Å². The first-order chi connectivity index (χ1) is 12.0. The van der Waals surface area contributed by atoms with Gasteiger partial charge in [-0.25, -0.2) is 0 Å². The van der Waals surface area contributed by atoms with Gasteiger partial charge >= 0.3 is 0 Å². The second-order valence-electron chi connectivity index (χ2n) is 8.60. The molecule has 4 bridgehead atoms. The van der Waals surface area contributed by atoms with Crippen molar-refractivity contribution in [3.8, 4) is 11.5 Å². The molecule has 4 saturated carbocycles. The molecular formula is C20H24ClNO3. The highest BCUT2D eigenvalue weighted by Gasteiger charge is 2.60. The van der Waals surface area contributed by atoms with E-state index >= 15 is 0 Å². The van der Waals surface area contributed by atoms with Gasteiger partial charge in [-0.15, -0.1) is 11.6 Å². The summed E-state index contributed by atoms with van der Waals surface area (Å²) in [5.74, 6) is 2.96. The third-order valence-electron chi connectivity index (χ3n) is 6.53. The summed E-state index contributed by atoms with van der Waals surface area (Å²) in [5.41, 5.74) is -0.251. The van der Waals surface area contributed by atoms with Crippen LogP contribution in [0.15, 0.2) is 24.3 Å². The Hall–Kier alpha value is -1.42. The number of para-hydroxylation sites is 2. The standard InChI is InChI=1S/C20H24ClNO3/c21-20-8-13-5-14(9-20)7-19(6-13,12-20)18(23)22-10-15-11-24-16-3-1-2-4-17(16)25-15/h1-4,13-15H,5-12H2,(H,22,23)/t13-,14+,15-,19?,20?/m0/s1. The first-order valence-corrected chi connectivity index (χ1v) is 9.77. The maximum Gasteiger partial charge on any atom is 0.226 e. The monoisotopic (exact) mass is 361 g/mol. The molecule has 1 aromatic rings. The first-order valence-electron chi connectivity index (χ1n) is 9.39. The van der Waals surface area contributed by atoms with E-state index in [1.807, 2.05) is 24.3 Å². The van der Waals surface area contributed by atoms with Crippen LogP contribution in [0, 0.1) is 17.3 Å². The summed E-state index contributed by atoms with van der Waals surface area (Å²) < 4.78 is 11.7. The highest BCUT2D eigenvalue weighted by Crippen LogP contribution is 2.63. The predicted octanol–water partition coefficient (Wildman–Crippen LogP) is 3.52. The lowest BCUT2D eigenvalue weighted by molar-refractivity contribution is -0.145. The topological polar surface area (TPSA) is 47.6 Å². The number of amides is 1. The molecule has 0 saturated heterocycles. The number of alkyl halides is 1. The number of benzene rings is 1. The summed E-state index contributed by atoms with van der Waals surface area (Å²) in [5, 5.41) is 3.15. The first kappa shape index (κ1) is 15.8. The van der Waals surface area contributed by atoms with Gasteiger partial charge in [0.1, 0.15) is 12.7 Å². The maximum absolute atomic E-state index is 13.1. The molecule has 1 amide bonds. The van der Waals surface area contributed by atoms with E-state index in [0.29, 0.717) is 25.0 Å². The van der Waals surface area contributed by atoms with Gasteiger partial charge in [0.25, 0.3) is 0 Å². The van der Waals surface area contributed by atoms with Crippen LogP contribution < -0.4 is 14.8 Å². The largest absolute Gasteiger partial charge is 0.486 e. The van der Waals surface area contributed by atoms with Crippen molar-refractivity contribution in [2.75, 3.05) is 13.2 Å². The molecule has 0 radical (unpaired) electrons. The van der Waals surface area contributed by atoms with E-state index < -0.39 is 0 Å². The molecule has 1 heterocycles. The summed E-state index contributed by atoms with van der Waals surface area (Å²) in [6.07, 6.45) is 6.17. The van der Waals surface area contributed by atoms with Crippen LogP contribution in [0.1, 0.15) is 38.5 Å². The Morgan fingerprint density at radius 3 is 2.60 bits per heavy atom. The van der Waals surface area contributed by atoms with E-state index in [1.165, 1.54) is 6.42 Å². The average Bonchev–Trinajstić information content (AvgIpc) is 2.57. The van der Waals surface area contributed by atoms with Crippen molar-refractivity contribution in [3.05, 3.63) is 24.3 Å². The fourth-order valence-corrected chi connectivity index (χ4v) is 6.67. The van der Waals surface area contributed by atoms with Crippen molar-refractivity contribution in [2.24, 2.45) is 17.3 Å². The molecule has 1 N–H and O–H groups in total. The normalized spacial score (nSPS) is 40.8. The van der Waals surface area contributed by atoms with Crippen LogP contribution in [0.5, 0.6) is 11.5 Å². The van der Waals surface area contributed by atoms with Crippen molar-refractivity contribution in [2.45, 2.75) is 49.5 Å². The van der Waals surface area contributed by atoms with Crippen LogP contribution in [0.3, 0.4) is 0 Å². The molecule has 5 heteroatoms. The fraction of sp³-hybridized carbons (Fsp3) is 0.650. The molecule has 1 aliphatic heterocycles. The average molecular weight is 362 g/mol. The Bertz CT molecular complexity index is 692. The molecule has 25 heavy (non-hydrogen) atoms. The molecule has 2 unspecified atom stereocenters. The molecule has 134 valence electrons. The van der Waals surface area contributed by atoms with Crippen molar-refractivity contribution >= 4 is 17.5 Å². The van der Waals surface area contributed by atoms with Gasteiger partial charge in [-0.3, -0.25) is 4.79 Å². The number of carbonyl (C=O) groups excluding carboxylic acids is 1. The highest BCUT2D eigenvalue weighted by molar-refractivity contribution is 6.24. The van der Waals surface area contributed by atoms with E-state index in [-0.39, 0.29) is 22.3 Å². The zero-order chi connectivity index (χ0) is 17.1. The van der Waals surface area contributed by atoms with Gasteiger partial charge in [-0.05, 0) is 62.5 Å². The molecule has 0 aromatic heterocycles. The number of rotatable bonds is 3. The van der Waals surface area contributed by atoms with Gasteiger partial charge in [0.05, 0.1) is 12.0 Å². The highest BCUT2D eigenvalue weighted by atomic mass is 35.5. The van der Waals surface area contributed by atoms with E-state index in [2.05, 4.69) is 5.32 Å². The number of carbonyl (C=O) groups is 1. The molecule has 5 atom stereocenters. The van der Waals surface area contributed by atoms with E-state index in [9.17, 15) is 4.79 Å². The smallest absolute Gasteiger partial charge is 0.226 e. The Morgan fingerprint density at radius 1 is 1.16 bits per heavy atom. The predicted molar refractivity (Wildman–Crippen MR) is 95.1 cm³/mol. The van der Waals surface area contributed by atoms with Gasteiger partial charge in [-0.2, -0.15) is 0 Å². The van der Waals surface area contributed by atoms with Crippen LogP contribution in [0.2, 0.25) is 0 Å². The van der Waals surface area contributed by atoms with Crippen molar-refractivity contribution < 1.29 is 14.3 Å². The van der Waals surface area contributed by atoms with Gasteiger partial charge in [0, 0.05) is 4.87 Å². The minimum absolute atomic E-state index is 0.134. The summed E-state index contributed by atoms with van der Waals surface area (Å²) in [7, 11) is 0. The Labute approximate surface area is 153 Å². The molecule has 4 nitrogen and oxygen atoms in total. The number of hydrogen-bond donors (Lipinski definition) is 1.